The molecule has 0 aliphatic heterocycles. The van der Waals surface area contributed by atoms with Gasteiger partial charge in [0.15, 0.2) is 0 Å². The summed E-state index contributed by atoms with van der Waals surface area (Å²) < 4.78 is 0. The molecule has 0 saturated heterocycles. The molecule has 0 spiro atoms. The highest BCUT2D eigenvalue weighted by atomic mass is 16.3. The average molecular weight is 154 g/mol. The summed E-state index contributed by atoms with van der Waals surface area (Å²) in [4.78, 5) is 0. The van der Waals surface area contributed by atoms with Gasteiger partial charge >= 0.3 is 0 Å². The van der Waals surface area contributed by atoms with Crippen molar-refractivity contribution in [2.24, 2.45) is 11.8 Å². The first-order chi connectivity index (χ1) is 4.96. The predicted octanol–water partition coefficient (Wildman–Crippen LogP) is 2.38. The summed E-state index contributed by atoms with van der Waals surface area (Å²) in [5, 5.41) is 9.91. The third kappa shape index (κ3) is 2.19. The Labute approximate surface area is 69.4 Å². The van der Waals surface area contributed by atoms with Crippen molar-refractivity contribution in [1.82, 2.24) is 0 Å². The summed E-state index contributed by atoms with van der Waals surface area (Å²) in [6.45, 7) is 13.0. The van der Waals surface area contributed by atoms with Crippen LogP contribution in [0.1, 0.15) is 20.8 Å². The minimum absolute atomic E-state index is 0.0931. The second kappa shape index (κ2) is 3.72. The molecule has 0 aromatic heterocycles. The average Bonchev–Trinajstić information content (AvgIpc) is 2.01. The van der Waals surface area contributed by atoms with Gasteiger partial charge in [0.1, 0.15) is 0 Å². The first-order valence-corrected chi connectivity index (χ1v) is 3.94. The molecule has 0 aromatic rings. The van der Waals surface area contributed by atoms with E-state index in [0.717, 1.165) is 0 Å². The molecule has 0 aliphatic carbocycles. The van der Waals surface area contributed by atoms with E-state index in [1.165, 1.54) is 0 Å². The number of hydrogen-bond donors (Lipinski definition) is 1. The van der Waals surface area contributed by atoms with Crippen LogP contribution >= 0.6 is 0 Å². The van der Waals surface area contributed by atoms with E-state index in [1.807, 2.05) is 20.8 Å². The van der Waals surface area contributed by atoms with Crippen LogP contribution in [0.15, 0.2) is 25.3 Å². The molecule has 0 aromatic carbocycles. The number of rotatable bonds is 4. The standard InChI is InChI=1S/C10H18O/c1-6-8(3)10(5,11)9(4)7-2/h6-9,11H,1-2H2,3-5H3. The molecule has 0 bridgehead atoms. The fraction of sp³-hybridized carbons (Fsp3) is 0.600. The van der Waals surface area contributed by atoms with Gasteiger partial charge in [-0.3, -0.25) is 0 Å². The molecule has 0 radical (unpaired) electrons. The smallest absolute Gasteiger partial charge is 0.0738 e. The lowest BCUT2D eigenvalue weighted by atomic mass is 9.80. The lowest BCUT2D eigenvalue weighted by Gasteiger charge is -2.32. The van der Waals surface area contributed by atoms with E-state index >= 15 is 0 Å². The molecule has 64 valence electrons. The van der Waals surface area contributed by atoms with E-state index in [2.05, 4.69) is 13.2 Å². The molecule has 0 rings (SSSR count). The minimum Gasteiger partial charge on any atom is -0.389 e. The molecule has 1 N–H and O–H groups in total. The molecular formula is C10H18O. The Morgan fingerprint density at radius 1 is 1.18 bits per heavy atom. The van der Waals surface area contributed by atoms with Crippen LogP contribution in [0, 0.1) is 11.8 Å². The van der Waals surface area contributed by atoms with Gasteiger partial charge in [-0.1, -0.05) is 26.0 Å². The maximum Gasteiger partial charge on any atom is 0.0738 e. The Bertz CT molecular complexity index is 131. The quantitative estimate of drug-likeness (QED) is 0.616. The molecule has 11 heavy (non-hydrogen) atoms. The van der Waals surface area contributed by atoms with E-state index in [4.69, 9.17) is 0 Å². The van der Waals surface area contributed by atoms with Gasteiger partial charge in [0, 0.05) is 11.8 Å². The molecule has 2 atom stereocenters. The SMILES string of the molecule is C=CC(C)C(C)(O)C(C)C=C. The zero-order valence-electron chi connectivity index (χ0n) is 7.67. The number of aliphatic hydroxyl groups is 1. The molecule has 0 heterocycles. The summed E-state index contributed by atoms with van der Waals surface area (Å²) in [7, 11) is 0. The normalized spacial score (nSPS) is 21.5. The van der Waals surface area contributed by atoms with Crippen LogP contribution in [0.3, 0.4) is 0 Å². The first kappa shape index (κ1) is 10.4. The van der Waals surface area contributed by atoms with Crippen molar-refractivity contribution in [3.63, 3.8) is 0 Å². The van der Waals surface area contributed by atoms with E-state index in [1.54, 1.807) is 12.2 Å². The van der Waals surface area contributed by atoms with E-state index in [9.17, 15) is 5.11 Å². The predicted molar refractivity (Wildman–Crippen MR) is 49.3 cm³/mol. The van der Waals surface area contributed by atoms with Crippen LogP contribution in [0.25, 0.3) is 0 Å². The van der Waals surface area contributed by atoms with E-state index in [0.29, 0.717) is 0 Å². The van der Waals surface area contributed by atoms with Crippen LogP contribution in [0.5, 0.6) is 0 Å². The largest absolute Gasteiger partial charge is 0.389 e. The van der Waals surface area contributed by atoms with Crippen LogP contribution in [0.2, 0.25) is 0 Å². The summed E-state index contributed by atoms with van der Waals surface area (Å²) in [5.41, 5.74) is -0.719. The van der Waals surface area contributed by atoms with Crippen LogP contribution in [-0.4, -0.2) is 10.7 Å². The van der Waals surface area contributed by atoms with Gasteiger partial charge in [-0.15, -0.1) is 13.2 Å². The lowest BCUT2D eigenvalue weighted by molar-refractivity contribution is -0.00869. The molecule has 1 nitrogen and oxygen atoms in total. The Hall–Kier alpha value is -0.560. The van der Waals surface area contributed by atoms with E-state index in [-0.39, 0.29) is 11.8 Å². The zero-order chi connectivity index (χ0) is 9.07. The van der Waals surface area contributed by atoms with Crippen molar-refractivity contribution in [2.45, 2.75) is 26.4 Å². The highest BCUT2D eigenvalue weighted by Crippen LogP contribution is 2.26. The van der Waals surface area contributed by atoms with Gasteiger partial charge in [0.2, 0.25) is 0 Å². The number of hydrogen-bond acceptors (Lipinski definition) is 1. The highest BCUT2D eigenvalue weighted by molar-refractivity contribution is 4.98. The summed E-state index contributed by atoms with van der Waals surface area (Å²) in [6.07, 6.45) is 3.53. The van der Waals surface area contributed by atoms with Crippen molar-refractivity contribution in [1.29, 1.82) is 0 Å². The third-order valence-electron chi connectivity index (χ3n) is 2.55. The summed E-state index contributed by atoms with van der Waals surface area (Å²) >= 11 is 0. The Kier molecular flexibility index (Phi) is 3.53. The highest BCUT2D eigenvalue weighted by Gasteiger charge is 2.30. The van der Waals surface area contributed by atoms with Crippen LogP contribution in [0.4, 0.5) is 0 Å². The molecule has 0 amide bonds. The van der Waals surface area contributed by atoms with Crippen molar-refractivity contribution in [3.05, 3.63) is 25.3 Å². The second-order valence-corrected chi connectivity index (χ2v) is 3.27. The van der Waals surface area contributed by atoms with Crippen molar-refractivity contribution in [2.75, 3.05) is 0 Å². The third-order valence-corrected chi connectivity index (χ3v) is 2.55. The Morgan fingerprint density at radius 2 is 1.45 bits per heavy atom. The monoisotopic (exact) mass is 154 g/mol. The van der Waals surface area contributed by atoms with Gasteiger partial charge in [0.05, 0.1) is 5.60 Å². The van der Waals surface area contributed by atoms with Crippen molar-refractivity contribution >= 4 is 0 Å². The van der Waals surface area contributed by atoms with Crippen LogP contribution in [-0.2, 0) is 0 Å². The molecular weight excluding hydrogens is 136 g/mol. The van der Waals surface area contributed by atoms with Crippen LogP contribution < -0.4 is 0 Å². The lowest BCUT2D eigenvalue weighted by Crippen LogP contribution is -2.37. The fourth-order valence-corrected chi connectivity index (χ4v) is 0.892. The van der Waals surface area contributed by atoms with Gasteiger partial charge in [-0.25, -0.2) is 0 Å². The minimum atomic E-state index is -0.719. The fourth-order valence-electron chi connectivity index (χ4n) is 0.892. The van der Waals surface area contributed by atoms with Gasteiger partial charge in [0.25, 0.3) is 0 Å². The molecule has 0 aliphatic rings. The molecule has 0 saturated carbocycles. The zero-order valence-corrected chi connectivity index (χ0v) is 7.67. The maximum absolute atomic E-state index is 9.91. The van der Waals surface area contributed by atoms with E-state index < -0.39 is 5.60 Å². The topological polar surface area (TPSA) is 20.2 Å². The first-order valence-electron chi connectivity index (χ1n) is 3.94. The summed E-state index contributed by atoms with van der Waals surface area (Å²) in [6, 6.07) is 0. The van der Waals surface area contributed by atoms with Crippen molar-refractivity contribution < 1.29 is 5.11 Å². The summed E-state index contributed by atoms with van der Waals surface area (Å²) in [5.74, 6) is 0.186. The Balaban J connectivity index is 4.41. The second-order valence-electron chi connectivity index (χ2n) is 3.27. The molecule has 2 unspecified atom stereocenters. The molecule has 1 heteroatoms. The van der Waals surface area contributed by atoms with Gasteiger partial charge < -0.3 is 5.11 Å². The molecule has 0 fully saturated rings. The maximum atomic E-state index is 9.91. The Morgan fingerprint density at radius 3 is 1.64 bits per heavy atom. The van der Waals surface area contributed by atoms with Gasteiger partial charge in [-0.05, 0) is 6.92 Å². The van der Waals surface area contributed by atoms with Crippen molar-refractivity contribution in [3.8, 4) is 0 Å². The van der Waals surface area contributed by atoms with Gasteiger partial charge in [-0.2, -0.15) is 0 Å².